The fourth-order valence-corrected chi connectivity index (χ4v) is 2.07. The van der Waals surface area contributed by atoms with E-state index in [1.165, 1.54) is 6.92 Å². The lowest BCUT2D eigenvalue weighted by molar-refractivity contribution is -0.128. The molecule has 0 aliphatic carbocycles. The highest BCUT2D eigenvalue weighted by Crippen LogP contribution is 2.13. The van der Waals surface area contributed by atoms with Gasteiger partial charge in [0.25, 0.3) is 0 Å². The SMILES string of the molecule is CC(=O)C(NC(=O)CN(C)CC(C)(C)C)C(C)C. The third-order valence-corrected chi connectivity index (χ3v) is 2.58. The third-order valence-electron chi connectivity index (χ3n) is 2.58. The number of Topliss-reactive ketones (excluding diaryl/α,β-unsaturated/α-hetero) is 1. The van der Waals surface area contributed by atoms with Gasteiger partial charge in [-0.2, -0.15) is 0 Å². The van der Waals surface area contributed by atoms with Gasteiger partial charge in [0.2, 0.25) is 5.91 Å². The van der Waals surface area contributed by atoms with E-state index in [1.54, 1.807) is 0 Å². The molecule has 0 spiro atoms. The van der Waals surface area contributed by atoms with E-state index >= 15 is 0 Å². The van der Waals surface area contributed by atoms with Crippen molar-refractivity contribution in [2.24, 2.45) is 11.3 Å². The molecule has 1 amide bonds. The molecule has 0 saturated heterocycles. The maximum absolute atomic E-state index is 11.9. The van der Waals surface area contributed by atoms with E-state index < -0.39 is 0 Å². The Kier molecular flexibility index (Phi) is 6.54. The quantitative estimate of drug-likeness (QED) is 0.787. The average molecular weight is 256 g/mol. The van der Waals surface area contributed by atoms with Gasteiger partial charge in [-0.1, -0.05) is 34.6 Å². The van der Waals surface area contributed by atoms with E-state index in [1.807, 2.05) is 25.8 Å². The Hall–Kier alpha value is -0.900. The first kappa shape index (κ1) is 17.1. The summed E-state index contributed by atoms with van der Waals surface area (Å²) in [6, 6.07) is -0.375. The molecule has 0 radical (unpaired) electrons. The number of likely N-dealkylation sites (N-methyl/N-ethyl adjacent to an activating group) is 1. The van der Waals surface area contributed by atoms with E-state index in [9.17, 15) is 9.59 Å². The molecule has 0 aromatic carbocycles. The van der Waals surface area contributed by atoms with Crippen molar-refractivity contribution in [3.8, 4) is 0 Å². The van der Waals surface area contributed by atoms with Crippen LogP contribution in [0.4, 0.5) is 0 Å². The minimum Gasteiger partial charge on any atom is -0.345 e. The molecule has 18 heavy (non-hydrogen) atoms. The predicted octanol–water partition coefficient (Wildman–Crippen LogP) is 1.69. The number of nitrogens with zero attached hydrogens (tertiary/aromatic N) is 1. The maximum Gasteiger partial charge on any atom is 0.234 e. The highest BCUT2D eigenvalue weighted by atomic mass is 16.2. The summed E-state index contributed by atoms with van der Waals surface area (Å²) in [6.45, 7) is 13.0. The highest BCUT2D eigenvalue weighted by molar-refractivity contribution is 5.88. The van der Waals surface area contributed by atoms with Crippen molar-refractivity contribution in [2.45, 2.75) is 47.6 Å². The molecule has 0 heterocycles. The Balaban J connectivity index is 4.29. The Morgan fingerprint density at radius 1 is 1.22 bits per heavy atom. The van der Waals surface area contributed by atoms with Crippen LogP contribution in [0, 0.1) is 11.3 Å². The van der Waals surface area contributed by atoms with Crippen molar-refractivity contribution >= 4 is 11.7 Å². The van der Waals surface area contributed by atoms with Gasteiger partial charge in [-0.05, 0) is 25.3 Å². The standard InChI is InChI=1S/C14H28N2O2/c1-10(2)13(11(3)17)15-12(18)8-16(7)9-14(4,5)6/h10,13H,8-9H2,1-7H3,(H,15,18). The zero-order chi connectivity index (χ0) is 14.5. The molecule has 0 bridgehead atoms. The van der Waals surface area contributed by atoms with Crippen molar-refractivity contribution in [1.29, 1.82) is 0 Å². The summed E-state index contributed by atoms with van der Waals surface area (Å²) >= 11 is 0. The number of nitrogens with one attached hydrogen (secondary N) is 1. The zero-order valence-electron chi connectivity index (χ0n) is 12.8. The van der Waals surface area contributed by atoms with Crippen LogP contribution in [-0.2, 0) is 9.59 Å². The molecule has 0 saturated carbocycles. The maximum atomic E-state index is 11.9. The van der Waals surface area contributed by atoms with E-state index in [0.717, 1.165) is 6.54 Å². The molecule has 1 atom stereocenters. The van der Waals surface area contributed by atoms with Crippen LogP contribution >= 0.6 is 0 Å². The lowest BCUT2D eigenvalue weighted by Crippen LogP contribution is -2.47. The second-order valence-corrected chi connectivity index (χ2v) is 6.63. The number of hydrogen-bond acceptors (Lipinski definition) is 3. The summed E-state index contributed by atoms with van der Waals surface area (Å²) in [4.78, 5) is 25.2. The largest absolute Gasteiger partial charge is 0.345 e. The molecule has 0 aliphatic heterocycles. The number of carbonyl (C=O) groups is 2. The van der Waals surface area contributed by atoms with E-state index in [0.29, 0.717) is 6.54 Å². The summed E-state index contributed by atoms with van der Waals surface area (Å²) in [7, 11) is 1.92. The number of hydrogen-bond donors (Lipinski definition) is 1. The van der Waals surface area contributed by atoms with Gasteiger partial charge >= 0.3 is 0 Å². The van der Waals surface area contributed by atoms with Crippen molar-refractivity contribution in [2.75, 3.05) is 20.1 Å². The molecular formula is C14H28N2O2. The molecule has 0 aromatic heterocycles. The summed E-state index contributed by atoms with van der Waals surface area (Å²) in [5.74, 6) is 0.0480. The van der Waals surface area contributed by atoms with Gasteiger partial charge in [-0.25, -0.2) is 0 Å². The van der Waals surface area contributed by atoms with Crippen LogP contribution in [-0.4, -0.2) is 42.8 Å². The minimum absolute atomic E-state index is 0.0109. The van der Waals surface area contributed by atoms with Crippen LogP contribution in [0.5, 0.6) is 0 Å². The number of rotatable bonds is 6. The molecule has 1 N–H and O–H groups in total. The van der Waals surface area contributed by atoms with Crippen LogP contribution in [0.15, 0.2) is 0 Å². The third kappa shape index (κ3) is 7.43. The molecule has 106 valence electrons. The topological polar surface area (TPSA) is 49.4 Å². The van der Waals surface area contributed by atoms with Crippen molar-refractivity contribution in [1.82, 2.24) is 10.2 Å². The van der Waals surface area contributed by atoms with E-state index in [4.69, 9.17) is 0 Å². The lowest BCUT2D eigenvalue weighted by atomic mass is 9.96. The summed E-state index contributed by atoms with van der Waals surface area (Å²) in [5.41, 5.74) is 0.160. The Morgan fingerprint density at radius 3 is 2.06 bits per heavy atom. The molecule has 4 nitrogen and oxygen atoms in total. The predicted molar refractivity (Wildman–Crippen MR) is 74.4 cm³/mol. The first-order chi connectivity index (χ1) is 8.03. The summed E-state index contributed by atoms with van der Waals surface area (Å²) < 4.78 is 0. The Morgan fingerprint density at radius 2 is 1.72 bits per heavy atom. The van der Waals surface area contributed by atoms with E-state index in [2.05, 4.69) is 26.1 Å². The zero-order valence-corrected chi connectivity index (χ0v) is 12.8. The monoisotopic (exact) mass is 256 g/mol. The molecule has 0 aromatic rings. The highest BCUT2D eigenvalue weighted by Gasteiger charge is 2.22. The van der Waals surface area contributed by atoms with Crippen LogP contribution in [0.25, 0.3) is 0 Å². The first-order valence-electron chi connectivity index (χ1n) is 6.51. The second kappa shape index (κ2) is 6.88. The molecule has 1 unspecified atom stereocenters. The van der Waals surface area contributed by atoms with Crippen molar-refractivity contribution < 1.29 is 9.59 Å². The van der Waals surface area contributed by atoms with Crippen LogP contribution < -0.4 is 5.32 Å². The number of carbonyl (C=O) groups excluding carboxylic acids is 2. The van der Waals surface area contributed by atoms with Crippen LogP contribution in [0.3, 0.4) is 0 Å². The first-order valence-corrected chi connectivity index (χ1v) is 6.51. The molecular weight excluding hydrogens is 228 g/mol. The normalized spacial score (nSPS) is 13.8. The van der Waals surface area contributed by atoms with Gasteiger partial charge in [-0.15, -0.1) is 0 Å². The Bertz CT molecular complexity index is 293. The fourth-order valence-electron chi connectivity index (χ4n) is 2.07. The minimum atomic E-state index is -0.375. The Labute approximate surface area is 111 Å². The van der Waals surface area contributed by atoms with Crippen molar-refractivity contribution in [3.63, 3.8) is 0 Å². The number of ketones is 1. The van der Waals surface area contributed by atoms with Gasteiger partial charge in [-0.3, -0.25) is 14.5 Å². The van der Waals surface area contributed by atoms with Gasteiger partial charge < -0.3 is 5.32 Å². The number of amides is 1. The molecule has 4 heteroatoms. The molecule has 0 fully saturated rings. The van der Waals surface area contributed by atoms with Crippen molar-refractivity contribution in [3.05, 3.63) is 0 Å². The average Bonchev–Trinajstić information content (AvgIpc) is 2.09. The van der Waals surface area contributed by atoms with Gasteiger partial charge in [0.15, 0.2) is 5.78 Å². The molecule has 0 rings (SSSR count). The van der Waals surface area contributed by atoms with Crippen LogP contribution in [0.1, 0.15) is 41.5 Å². The van der Waals surface area contributed by atoms with E-state index in [-0.39, 0.29) is 29.1 Å². The second-order valence-electron chi connectivity index (χ2n) is 6.63. The summed E-state index contributed by atoms with van der Waals surface area (Å²) in [6.07, 6.45) is 0. The smallest absolute Gasteiger partial charge is 0.234 e. The van der Waals surface area contributed by atoms with Gasteiger partial charge in [0.05, 0.1) is 12.6 Å². The van der Waals surface area contributed by atoms with Gasteiger partial charge in [0, 0.05) is 6.54 Å². The fraction of sp³-hybridized carbons (Fsp3) is 0.857. The van der Waals surface area contributed by atoms with Gasteiger partial charge in [0.1, 0.15) is 0 Å². The lowest BCUT2D eigenvalue weighted by Gasteiger charge is -2.27. The summed E-state index contributed by atoms with van der Waals surface area (Å²) in [5, 5.41) is 2.80. The van der Waals surface area contributed by atoms with Crippen LogP contribution in [0.2, 0.25) is 0 Å². The molecule has 0 aliphatic rings.